The molecule has 86 valence electrons. The molecule has 0 aliphatic carbocycles. The van der Waals surface area contributed by atoms with E-state index in [9.17, 15) is 4.79 Å². The molecule has 0 spiro atoms. The first kappa shape index (κ1) is 13.9. The summed E-state index contributed by atoms with van der Waals surface area (Å²) in [6.45, 7) is 1.36. The van der Waals surface area contributed by atoms with Crippen molar-refractivity contribution in [2.45, 2.75) is 44.9 Å². The maximum atomic E-state index is 11.2. The van der Waals surface area contributed by atoms with Gasteiger partial charge in [-0.05, 0) is 25.8 Å². The SMILES string of the molecule is N#CCCCNC(=O)CCCCCCN. The van der Waals surface area contributed by atoms with Crippen molar-refractivity contribution in [1.82, 2.24) is 5.32 Å². The molecule has 0 unspecified atom stereocenters. The largest absolute Gasteiger partial charge is 0.356 e. The highest BCUT2D eigenvalue weighted by Crippen LogP contribution is 2.01. The van der Waals surface area contributed by atoms with Gasteiger partial charge in [-0.25, -0.2) is 0 Å². The first-order valence-electron chi connectivity index (χ1n) is 5.65. The average molecular weight is 211 g/mol. The Labute approximate surface area is 91.8 Å². The Morgan fingerprint density at radius 2 is 1.93 bits per heavy atom. The first-order chi connectivity index (χ1) is 7.31. The molecule has 0 aliphatic rings. The molecule has 0 saturated heterocycles. The Hall–Kier alpha value is -1.08. The van der Waals surface area contributed by atoms with Crippen LogP contribution in [-0.4, -0.2) is 19.0 Å². The second kappa shape index (κ2) is 11.0. The van der Waals surface area contributed by atoms with Gasteiger partial charge in [0.2, 0.25) is 5.91 Å². The van der Waals surface area contributed by atoms with E-state index in [2.05, 4.69) is 5.32 Å². The van der Waals surface area contributed by atoms with E-state index in [1.807, 2.05) is 6.07 Å². The smallest absolute Gasteiger partial charge is 0.219 e. The molecule has 0 aromatic heterocycles. The van der Waals surface area contributed by atoms with Crippen molar-refractivity contribution < 1.29 is 4.79 Å². The molecule has 0 bridgehead atoms. The highest BCUT2D eigenvalue weighted by atomic mass is 16.1. The fraction of sp³-hybridized carbons (Fsp3) is 0.818. The van der Waals surface area contributed by atoms with Crippen LogP contribution in [0.4, 0.5) is 0 Å². The van der Waals surface area contributed by atoms with Crippen LogP contribution >= 0.6 is 0 Å². The maximum absolute atomic E-state index is 11.2. The molecule has 0 fully saturated rings. The summed E-state index contributed by atoms with van der Waals surface area (Å²) in [5, 5.41) is 11.1. The zero-order chi connectivity index (χ0) is 11.4. The third-order valence-electron chi connectivity index (χ3n) is 2.15. The molecule has 3 N–H and O–H groups in total. The minimum absolute atomic E-state index is 0.0979. The van der Waals surface area contributed by atoms with Gasteiger partial charge in [0.05, 0.1) is 6.07 Å². The molecule has 0 radical (unpaired) electrons. The average Bonchev–Trinajstić information content (AvgIpc) is 2.24. The summed E-state index contributed by atoms with van der Waals surface area (Å²) >= 11 is 0. The van der Waals surface area contributed by atoms with Gasteiger partial charge >= 0.3 is 0 Å². The van der Waals surface area contributed by atoms with E-state index in [-0.39, 0.29) is 5.91 Å². The summed E-state index contributed by atoms with van der Waals surface area (Å²) in [5.41, 5.74) is 5.36. The van der Waals surface area contributed by atoms with Crippen LogP contribution in [0.1, 0.15) is 44.9 Å². The number of nitrogens with zero attached hydrogens (tertiary/aromatic N) is 1. The number of unbranched alkanes of at least 4 members (excludes halogenated alkanes) is 4. The summed E-state index contributed by atoms with van der Waals surface area (Å²) in [7, 11) is 0. The Bertz CT molecular complexity index is 198. The van der Waals surface area contributed by atoms with Crippen LogP contribution < -0.4 is 11.1 Å². The van der Waals surface area contributed by atoms with Gasteiger partial charge in [-0.1, -0.05) is 12.8 Å². The lowest BCUT2D eigenvalue weighted by Crippen LogP contribution is -2.23. The van der Waals surface area contributed by atoms with Crippen molar-refractivity contribution in [3.8, 4) is 6.07 Å². The number of nitrogens with two attached hydrogens (primary N) is 1. The minimum Gasteiger partial charge on any atom is -0.356 e. The quantitative estimate of drug-likeness (QED) is 0.564. The molecular formula is C11H21N3O. The molecule has 0 rings (SSSR count). The minimum atomic E-state index is 0.0979. The molecule has 0 aromatic rings. The fourth-order valence-corrected chi connectivity index (χ4v) is 1.27. The summed E-state index contributed by atoms with van der Waals surface area (Å²) in [6, 6.07) is 2.04. The van der Waals surface area contributed by atoms with Crippen molar-refractivity contribution in [2.75, 3.05) is 13.1 Å². The first-order valence-corrected chi connectivity index (χ1v) is 5.65. The summed E-state index contributed by atoms with van der Waals surface area (Å²) in [4.78, 5) is 11.2. The monoisotopic (exact) mass is 211 g/mol. The van der Waals surface area contributed by atoms with Gasteiger partial charge in [-0.2, -0.15) is 5.26 Å². The van der Waals surface area contributed by atoms with Gasteiger partial charge in [0, 0.05) is 19.4 Å². The van der Waals surface area contributed by atoms with Crippen LogP contribution in [0.5, 0.6) is 0 Å². The Morgan fingerprint density at radius 3 is 2.60 bits per heavy atom. The lowest BCUT2D eigenvalue weighted by molar-refractivity contribution is -0.121. The number of amides is 1. The van der Waals surface area contributed by atoms with Crippen molar-refractivity contribution >= 4 is 5.91 Å². The van der Waals surface area contributed by atoms with Crippen LogP contribution in [0.3, 0.4) is 0 Å². The van der Waals surface area contributed by atoms with Gasteiger partial charge in [-0.3, -0.25) is 4.79 Å². The predicted octanol–water partition coefficient (Wildman–Crippen LogP) is 1.32. The number of rotatable bonds is 9. The van der Waals surface area contributed by atoms with Crippen LogP contribution in [0.2, 0.25) is 0 Å². The molecule has 0 aliphatic heterocycles. The van der Waals surface area contributed by atoms with E-state index in [1.165, 1.54) is 0 Å². The summed E-state index contributed by atoms with van der Waals surface area (Å²) in [5.74, 6) is 0.0979. The van der Waals surface area contributed by atoms with Gasteiger partial charge in [0.25, 0.3) is 0 Å². The zero-order valence-corrected chi connectivity index (χ0v) is 9.30. The molecule has 0 saturated carbocycles. The fourth-order valence-electron chi connectivity index (χ4n) is 1.27. The Kier molecular flexibility index (Phi) is 10.2. The number of carbonyl (C=O) groups excluding carboxylic acids is 1. The summed E-state index contributed by atoms with van der Waals surface area (Å²) < 4.78 is 0. The van der Waals surface area contributed by atoms with Crippen LogP contribution in [0.25, 0.3) is 0 Å². The molecule has 0 atom stereocenters. The highest BCUT2D eigenvalue weighted by Gasteiger charge is 1.99. The number of nitriles is 1. The standard InChI is InChI=1S/C11H21N3O/c12-8-4-2-1-3-7-11(15)14-10-6-5-9-13/h1-8,10,12H2,(H,14,15). The number of hydrogen-bond acceptors (Lipinski definition) is 3. The van der Waals surface area contributed by atoms with Crippen LogP contribution in [0, 0.1) is 11.3 Å². The van der Waals surface area contributed by atoms with Crippen LogP contribution in [-0.2, 0) is 4.79 Å². The van der Waals surface area contributed by atoms with Crippen molar-refractivity contribution in [2.24, 2.45) is 5.73 Å². The third kappa shape index (κ3) is 10.8. The highest BCUT2D eigenvalue weighted by molar-refractivity contribution is 5.75. The van der Waals surface area contributed by atoms with Crippen molar-refractivity contribution in [3.05, 3.63) is 0 Å². The topological polar surface area (TPSA) is 78.9 Å². The molecule has 4 nitrogen and oxygen atoms in total. The van der Waals surface area contributed by atoms with E-state index >= 15 is 0 Å². The molecule has 4 heteroatoms. The predicted molar refractivity (Wildman–Crippen MR) is 60.0 cm³/mol. The normalized spacial score (nSPS) is 9.60. The lowest BCUT2D eigenvalue weighted by atomic mass is 10.1. The van der Waals surface area contributed by atoms with Gasteiger partial charge in [-0.15, -0.1) is 0 Å². The molecular weight excluding hydrogens is 190 g/mol. The molecule has 0 aromatic carbocycles. The van der Waals surface area contributed by atoms with Crippen molar-refractivity contribution in [1.29, 1.82) is 5.26 Å². The number of hydrogen-bond donors (Lipinski definition) is 2. The van der Waals surface area contributed by atoms with Crippen LogP contribution in [0.15, 0.2) is 0 Å². The van der Waals surface area contributed by atoms with E-state index in [4.69, 9.17) is 11.0 Å². The van der Waals surface area contributed by atoms with E-state index in [1.54, 1.807) is 0 Å². The van der Waals surface area contributed by atoms with Gasteiger partial charge in [0.1, 0.15) is 0 Å². The summed E-state index contributed by atoms with van der Waals surface area (Å²) in [6.07, 6.45) is 6.01. The maximum Gasteiger partial charge on any atom is 0.219 e. The Morgan fingerprint density at radius 1 is 1.20 bits per heavy atom. The molecule has 1 amide bonds. The lowest BCUT2D eigenvalue weighted by Gasteiger charge is -2.03. The van der Waals surface area contributed by atoms with E-state index in [0.717, 1.165) is 38.6 Å². The van der Waals surface area contributed by atoms with Crippen molar-refractivity contribution in [3.63, 3.8) is 0 Å². The third-order valence-corrected chi connectivity index (χ3v) is 2.15. The number of carbonyl (C=O) groups is 1. The molecule has 0 heterocycles. The van der Waals surface area contributed by atoms with Gasteiger partial charge in [0.15, 0.2) is 0 Å². The van der Waals surface area contributed by atoms with Gasteiger partial charge < -0.3 is 11.1 Å². The number of nitrogens with one attached hydrogen (secondary N) is 1. The van der Waals surface area contributed by atoms with E-state index in [0.29, 0.717) is 19.4 Å². The second-order valence-electron chi connectivity index (χ2n) is 3.56. The molecule has 15 heavy (non-hydrogen) atoms. The van der Waals surface area contributed by atoms with E-state index < -0.39 is 0 Å². The second-order valence-corrected chi connectivity index (χ2v) is 3.56. The Balaban J connectivity index is 3.16. The zero-order valence-electron chi connectivity index (χ0n) is 9.30.